The van der Waals surface area contributed by atoms with Gasteiger partial charge in [0.1, 0.15) is 6.04 Å². The summed E-state index contributed by atoms with van der Waals surface area (Å²) in [6.07, 6.45) is -2.09. The zero-order valence-corrected chi connectivity index (χ0v) is 24.0. The minimum Gasteiger partial charge on any atom is -0.354 e. The Labute approximate surface area is 230 Å². The maximum Gasteiger partial charge on any atom is 0.416 e. The van der Waals surface area contributed by atoms with E-state index in [1.165, 1.54) is 11.0 Å². The molecule has 2 rings (SSSR count). The highest BCUT2D eigenvalue weighted by Gasteiger charge is 2.32. The number of hydrogen-bond acceptors (Lipinski definition) is 4. The van der Waals surface area contributed by atoms with Crippen LogP contribution in [0.1, 0.15) is 50.7 Å². The van der Waals surface area contributed by atoms with E-state index >= 15 is 0 Å². The molecule has 38 heavy (non-hydrogen) atoms. The summed E-state index contributed by atoms with van der Waals surface area (Å²) in [6, 6.07) is 10.6. The number of carbonyl (C=O) groups is 2. The molecule has 2 amide bonds. The maximum absolute atomic E-state index is 13.3. The second-order valence-corrected chi connectivity index (χ2v) is 11.8. The zero-order valence-electron chi connectivity index (χ0n) is 21.6. The first-order chi connectivity index (χ1) is 17.7. The summed E-state index contributed by atoms with van der Waals surface area (Å²) in [6.45, 7) is 4.07. The summed E-state index contributed by atoms with van der Waals surface area (Å²) >= 11 is 3.40. The van der Waals surface area contributed by atoms with Gasteiger partial charge in [0.2, 0.25) is 21.8 Å². The number of carbonyl (C=O) groups excluding carboxylic acids is 2. The van der Waals surface area contributed by atoms with Crippen molar-refractivity contribution in [3.63, 3.8) is 0 Å². The summed E-state index contributed by atoms with van der Waals surface area (Å²) in [5.74, 6) is -0.677. The quantitative estimate of drug-likeness (QED) is 0.306. The van der Waals surface area contributed by atoms with Crippen molar-refractivity contribution in [2.24, 2.45) is 0 Å². The molecular weight excluding hydrogens is 587 g/mol. The highest BCUT2D eigenvalue weighted by Crippen LogP contribution is 2.32. The molecule has 0 bridgehead atoms. The van der Waals surface area contributed by atoms with E-state index < -0.39 is 27.8 Å². The molecule has 0 aliphatic heterocycles. The third-order valence-corrected chi connectivity index (χ3v) is 7.54. The van der Waals surface area contributed by atoms with Crippen molar-refractivity contribution in [2.75, 3.05) is 23.7 Å². The van der Waals surface area contributed by atoms with Crippen molar-refractivity contribution in [1.29, 1.82) is 0 Å². The Morgan fingerprint density at radius 1 is 1.08 bits per heavy atom. The number of nitrogens with one attached hydrogen (secondary N) is 1. The van der Waals surface area contributed by atoms with Crippen molar-refractivity contribution in [3.05, 3.63) is 64.1 Å². The lowest BCUT2D eigenvalue weighted by atomic mass is 10.1. The summed E-state index contributed by atoms with van der Waals surface area (Å²) in [7, 11) is -3.92. The van der Waals surface area contributed by atoms with Crippen LogP contribution < -0.4 is 9.62 Å². The molecule has 0 aromatic heterocycles. The molecule has 0 heterocycles. The Morgan fingerprint density at radius 3 is 2.37 bits per heavy atom. The number of amides is 2. The van der Waals surface area contributed by atoms with Crippen LogP contribution in [-0.2, 0) is 32.3 Å². The van der Waals surface area contributed by atoms with Crippen molar-refractivity contribution in [3.8, 4) is 0 Å². The Kier molecular flexibility index (Phi) is 11.6. The summed E-state index contributed by atoms with van der Waals surface area (Å²) < 4.78 is 65.9. The number of sulfonamides is 1. The van der Waals surface area contributed by atoms with E-state index in [0.717, 1.165) is 51.6 Å². The van der Waals surface area contributed by atoms with Crippen LogP contribution in [-0.4, -0.2) is 50.5 Å². The minimum absolute atomic E-state index is 0.0430. The fourth-order valence-electron chi connectivity index (χ4n) is 3.79. The van der Waals surface area contributed by atoms with Gasteiger partial charge in [-0.2, -0.15) is 13.2 Å². The first kappa shape index (κ1) is 31.6. The van der Waals surface area contributed by atoms with Gasteiger partial charge in [-0.3, -0.25) is 13.9 Å². The van der Waals surface area contributed by atoms with Crippen molar-refractivity contribution in [2.45, 2.75) is 58.3 Å². The molecule has 0 saturated carbocycles. The monoisotopic (exact) mass is 619 g/mol. The lowest BCUT2D eigenvalue weighted by molar-refractivity contribution is -0.140. The smallest absolute Gasteiger partial charge is 0.354 e. The predicted octanol–water partition coefficient (Wildman–Crippen LogP) is 5.35. The Hall–Kier alpha value is -2.60. The van der Waals surface area contributed by atoms with Gasteiger partial charge in [-0.25, -0.2) is 8.42 Å². The van der Waals surface area contributed by atoms with Crippen LogP contribution in [0.4, 0.5) is 18.9 Å². The number of unbranched alkanes of at least 4 members (excludes halogenated alkanes) is 1. The Bertz CT molecular complexity index is 1210. The van der Waals surface area contributed by atoms with Gasteiger partial charge >= 0.3 is 6.18 Å². The van der Waals surface area contributed by atoms with Crippen molar-refractivity contribution in [1.82, 2.24) is 10.2 Å². The molecular formula is C26H33BrF3N3O4S. The first-order valence-corrected chi connectivity index (χ1v) is 14.8. The van der Waals surface area contributed by atoms with Gasteiger partial charge in [0.15, 0.2) is 0 Å². The average molecular weight is 621 g/mol. The molecule has 0 unspecified atom stereocenters. The third-order valence-electron chi connectivity index (χ3n) is 5.85. The third kappa shape index (κ3) is 9.61. The van der Waals surface area contributed by atoms with Gasteiger partial charge in [0, 0.05) is 30.5 Å². The molecule has 2 aromatic rings. The molecule has 0 spiro atoms. The van der Waals surface area contributed by atoms with E-state index in [-0.39, 0.29) is 43.4 Å². The zero-order chi connectivity index (χ0) is 28.5. The van der Waals surface area contributed by atoms with Gasteiger partial charge in [0.25, 0.3) is 0 Å². The lowest BCUT2D eigenvalue weighted by Gasteiger charge is -2.29. The van der Waals surface area contributed by atoms with Gasteiger partial charge in [-0.1, -0.05) is 47.5 Å². The number of halogens is 4. The van der Waals surface area contributed by atoms with Crippen LogP contribution in [0, 0.1) is 0 Å². The molecule has 1 atom stereocenters. The molecule has 1 N–H and O–H groups in total. The van der Waals surface area contributed by atoms with Gasteiger partial charge in [-0.05, 0) is 55.7 Å². The second kappa shape index (κ2) is 14.0. The van der Waals surface area contributed by atoms with E-state index in [1.807, 2.05) is 31.2 Å². The van der Waals surface area contributed by atoms with Crippen LogP contribution in [0.2, 0.25) is 0 Å². The molecule has 0 aliphatic carbocycles. The molecule has 0 saturated heterocycles. The Morgan fingerprint density at radius 2 is 1.76 bits per heavy atom. The van der Waals surface area contributed by atoms with E-state index in [2.05, 4.69) is 21.2 Å². The molecule has 2 aromatic carbocycles. The van der Waals surface area contributed by atoms with Gasteiger partial charge in [0.05, 0.1) is 17.5 Å². The molecule has 210 valence electrons. The summed E-state index contributed by atoms with van der Waals surface area (Å²) in [5, 5.41) is 2.83. The standard InChI is InChI=1S/C26H33BrF3N3O4S/c1-4-5-14-31-25(35)19(2)32(18-20-9-6-11-22(27)16-20)24(34)13-8-15-33(38(3,36)37)23-12-7-10-21(17-23)26(28,29)30/h6-7,9-12,16-17,19H,4-5,8,13-15,18H2,1-3H3,(H,31,35)/t19-/m1/s1. The van der Waals surface area contributed by atoms with Crippen molar-refractivity contribution < 1.29 is 31.2 Å². The SMILES string of the molecule is CCCCNC(=O)[C@@H](C)N(Cc1cccc(Br)c1)C(=O)CCCN(c1cccc(C(F)(F)F)c1)S(C)(=O)=O. The maximum atomic E-state index is 13.3. The predicted molar refractivity (Wildman–Crippen MR) is 145 cm³/mol. The fraction of sp³-hybridized carbons (Fsp3) is 0.462. The highest BCUT2D eigenvalue weighted by atomic mass is 79.9. The van der Waals surface area contributed by atoms with E-state index in [1.54, 1.807) is 6.92 Å². The number of anilines is 1. The largest absolute Gasteiger partial charge is 0.416 e. The first-order valence-electron chi connectivity index (χ1n) is 12.2. The van der Waals surface area contributed by atoms with Gasteiger partial charge < -0.3 is 10.2 Å². The highest BCUT2D eigenvalue weighted by molar-refractivity contribution is 9.10. The Balaban J connectivity index is 2.19. The van der Waals surface area contributed by atoms with Crippen LogP contribution in [0.3, 0.4) is 0 Å². The normalized spacial score (nSPS) is 12.6. The van der Waals surface area contributed by atoms with Crippen LogP contribution in [0.5, 0.6) is 0 Å². The summed E-state index contributed by atoms with van der Waals surface area (Å²) in [4.78, 5) is 27.4. The topological polar surface area (TPSA) is 86.8 Å². The van der Waals surface area contributed by atoms with Crippen LogP contribution >= 0.6 is 15.9 Å². The number of benzene rings is 2. The molecule has 7 nitrogen and oxygen atoms in total. The number of nitrogens with zero attached hydrogens (tertiary/aromatic N) is 2. The molecule has 0 radical (unpaired) electrons. The molecule has 0 fully saturated rings. The minimum atomic E-state index is -4.63. The lowest BCUT2D eigenvalue weighted by Crippen LogP contribution is -2.48. The second-order valence-electron chi connectivity index (χ2n) is 8.96. The van der Waals surface area contributed by atoms with E-state index in [4.69, 9.17) is 0 Å². The van der Waals surface area contributed by atoms with E-state index in [0.29, 0.717) is 6.54 Å². The molecule has 12 heteroatoms. The van der Waals surface area contributed by atoms with Crippen LogP contribution in [0.25, 0.3) is 0 Å². The fourth-order valence-corrected chi connectivity index (χ4v) is 5.20. The number of rotatable bonds is 13. The van der Waals surface area contributed by atoms with E-state index in [9.17, 15) is 31.2 Å². The number of hydrogen-bond donors (Lipinski definition) is 1. The summed E-state index contributed by atoms with van der Waals surface area (Å²) in [5.41, 5.74) is -0.310. The van der Waals surface area contributed by atoms with Crippen LogP contribution in [0.15, 0.2) is 53.0 Å². The number of alkyl halides is 3. The van der Waals surface area contributed by atoms with Gasteiger partial charge in [-0.15, -0.1) is 0 Å². The average Bonchev–Trinajstić information content (AvgIpc) is 2.83. The molecule has 0 aliphatic rings. The van der Waals surface area contributed by atoms with Crippen molar-refractivity contribution >= 4 is 43.5 Å².